The van der Waals surface area contributed by atoms with Crippen LogP contribution >= 0.6 is 0 Å². The molecule has 3 aliphatic rings. The summed E-state index contributed by atoms with van der Waals surface area (Å²) in [6.07, 6.45) is 11.1. The molecule has 2 saturated carbocycles. The number of amides is 2. The minimum Gasteiger partial charge on any atom is -0.481 e. The first-order chi connectivity index (χ1) is 18.2. The number of likely N-dealkylation sites (tertiary alicyclic amines) is 1. The number of hydrogen-bond acceptors (Lipinski definition) is 5. The number of aliphatic hydroxyl groups excluding tert-OH is 1. The molecule has 1 saturated heterocycles. The molecule has 0 bridgehead atoms. The lowest BCUT2D eigenvalue weighted by Gasteiger charge is -2.47. The highest BCUT2D eigenvalue weighted by Crippen LogP contribution is 2.39. The van der Waals surface area contributed by atoms with Gasteiger partial charge in [-0.2, -0.15) is 0 Å². The summed E-state index contributed by atoms with van der Waals surface area (Å²) >= 11 is 0. The van der Waals surface area contributed by atoms with E-state index in [2.05, 4.69) is 15.5 Å². The van der Waals surface area contributed by atoms with Gasteiger partial charge in [0.2, 0.25) is 11.8 Å². The van der Waals surface area contributed by atoms with Crippen LogP contribution in [0.2, 0.25) is 0 Å². The van der Waals surface area contributed by atoms with Gasteiger partial charge in [-0.05, 0) is 71.6 Å². The summed E-state index contributed by atoms with van der Waals surface area (Å²) in [5.74, 6) is -0.590. The molecule has 39 heavy (non-hydrogen) atoms. The molecule has 0 radical (unpaired) electrons. The van der Waals surface area contributed by atoms with Crippen molar-refractivity contribution in [2.45, 2.75) is 136 Å². The minimum atomic E-state index is -1.22. The zero-order valence-corrected chi connectivity index (χ0v) is 25.3. The van der Waals surface area contributed by atoms with Crippen LogP contribution in [-0.4, -0.2) is 69.7 Å². The molecule has 1 heterocycles. The average molecular weight is 550 g/mol. The van der Waals surface area contributed by atoms with Crippen molar-refractivity contribution in [2.24, 2.45) is 29.1 Å². The summed E-state index contributed by atoms with van der Waals surface area (Å²) in [6.45, 7) is 11.9. The van der Waals surface area contributed by atoms with Crippen LogP contribution in [0.15, 0.2) is 0 Å². The predicted octanol–water partition coefficient (Wildman–Crippen LogP) is 4.34. The molecule has 2 aliphatic carbocycles. The van der Waals surface area contributed by atoms with Crippen LogP contribution in [0, 0.1) is 29.1 Å². The van der Waals surface area contributed by atoms with Gasteiger partial charge in [-0.3, -0.25) is 19.3 Å². The van der Waals surface area contributed by atoms with Crippen molar-refractivity contribution >= 4 is 17.8 Å². The molecule has 4 N–H and O–H groups in total. The first-order valence-corrected chi connectivity index (χ1v) is 15.5. The number of carboxylic acids is 1. The van der Waals surface area contributed by atoms with Crippen LogP contribution in [0.1, 0.15) is 112 Å². The van der Waals surface area contributed by atoms with Crippen molar-refractivity contribution in [1.82, 2.24) is 15.5 Å². The molecule has 0 unspecified atom stereocenters. The second kappa shape index (κ2) is 13.3. The molecule has 224 valence electrons. The Balaban J connectivity index is 1.79. The molecular weight excluding hydrogens is 494 g/mol. The normalized spacial score (nSPS) is 27.6. The fourth-order valence-electron chi connectivity index (χ4n) is 6.91. The van der Waals surface area contributed by atoms with Crippen LogP contribution in [0.5, 0.6) is 0 Å². The van der Waals surface area contributed by atoms with Crippen LogP contribution in [-0.2, 0) is 14.4 Å². The number of β-amino-alcohol motifs (C(OH)–C–C–N with tert-alkyl or cyclic N) is 1. The average Bonchev–Trinajstić information content (AvgIpc) is 2.86. The van der Waals surface area contributed by atoms with Gasteiger partial charge in [0.25, 0.3) is 0 Å². The molecule has 3 rings (SSSR count). The molecule has 8 heteroatoms. The van der Waals surface area contributed by atoms with Crippen molar-refractivity contribution < 1.29 is 24.6 Å². The van der Waals surface area contributed by atoms with Gasteiger partial charge in [-0.1, -0.05) is 58.3 Å². The van der Waals surface area contributed by atoms with Gasteiger partial charge in [0.15, 0.2) is 0 Å². The molecule has 2 amide bonds. The second-order valence-corrected chi connectivity index (χ2v) is 14.4. The topological polar surface area (TPSA) is 119 Å². The first kappa shape index (κ1) is 31.9. The highest BCUT2D eigenvalue weighted by molar-refractivity contribution is 5.86. The monoisotopic (exact) mass is 549 g/mol. The summed E-state index contributed by atoms with van der Waals surface area (Å²) in [5, 5.41) is 27.6. The predicted molar refractivity (Wildman–Crippen MR) is 153 cm³/mol. The van der Waals surface area contributed by atoms with Gasteiger partial charge in [0.1, 0.15) is 0 Å². The lowest BCUT2D eigenvalue weighted by Crippen LogP contribution is -2.60. The molecular formula is C31H55N3O5. The van der Waals surface area contributed by atoms with Gasteiger partial charge in [0.05, 0.1) is 29.5 Å². The SMILES string of the molecule is C[C@@H](C(=O)N[C@@H](CC1CCCCC1)[C@H](O)CN1C[C@H]2CCCC[C@H]2C[C@H]1C(=O)NC(C)(C)C)C(C)(C)C(=O)O. The van der Waals surface area contributed by atoms with Crippen molar-refractivity contribution in [1.29, 1.82) is 0 Å². The third-order valence-electron chi connectivity index (χ3n) is 9.86. The quantitative estimate of drug-likeness (QED) is 0.322. The summed E-state index contributed by atoms with van der Waals surface area (Å²) in [6, 6.07) is -0.780. The molecule has 0 aromatic heterocycles. The number of hydrogen-bond donors (Lipinski definition) is 4. The summed E-state index contributed by atoms with van der Waals surface area (Å²) in [5.41, 5.74) is -1.56. The van der Waals surface area contributed by atoms with Gasteiger partial charge in [-0.15, -0.1) is 0 Å². The van der Waals surface area contributed by atoms with Gasteiger partial charge >= 0.3 is 5.97 Å². The van der Waals surface area contributed by atoms with Gasteiger partial charge < -0.3 is 20.8 Å². The molecule has 0 aromatic carbocycles. The van der Waals surface area contributed by atoms with E-state index in [1.165, 1.54) is 19.3 Å². The molecule has 1 aliphatic heterocycles. The first-order valence-electron chi connectivity index (χ1n) is 15.5. The maximum absolute atomic E-state index is 13.4. The Morgan fingerprint density at radius 2 is 1.51 bits per heavy atom. The van der Waals surface area contributed by atoms with E-state index in [-0.39, 0.29) is 23.4 Å². The zero-order chi connectivity index (χ0) is 29.0. The Morgan fingerprint density at radius 3 is 2.10 bits per heavy atom. The largest absolute Gasteiger partial charge is 0.481 e. The van der Waals surface area contributed by atoms with E-state index in [1.54, 1.807) is 20.8 Å². The van der Waals surface area contributed by atoms with E-state index >= 15 is 0 Å². The van der Waals surface area contributed by atoms with E-state index in [9.17, 15) is 24.6 Å². The number of rotatable bonds is 10. The number of nitrogens with zero attached hydrogens (tertiary/aromatic N) is 1. The third kappa shape index (κ3) is 8.66. The maximum Gasteiger partial charge on any atom is 0.309 e. The fourth-order valence-corrected chi connectivity index (χ4v) is 6.91. The number of aliphatic hydroxyl groups is 1. The lowest BCUT2D eigenvalue weighted by atomic mass is 9.72. The summed E-state index contributed by atoms with van der Waals surface area (Å²) in [7, 11) is 0. The molecule has 8 nitrogen and oxygen atoms in total. The van der Waals surface area contributed by atoms with Crippen LogP contribution < -0.4 is 10.6 Å². The number of carbonyl (C=O) groups is 3. The number of carbonyl (C=O) groups excluding carboxylic acids is 2. The Bertz CT molecular complexity index is 848. The Labute approximate surface area is 236 Å². The molecule has 6 atom stereocenters. The van der Waals surface area contributed by atoms with E-state index in [0.717, 1.165) is 51.5 Å². The van der Waals surface area contributed by atoms with Crippen LogP contribution in [0.4, 0.5) is 0 Å². The Hall–Kier alpha value is -1.67. The van der Waals surface area contributed by atoms with E-state index in [1.807, 2.05) is 20.8 Å². The number of piperidine rings is 1. The van der Waals surface area contributed by atoms with Gasteiger partial charge in [-0.25, -0.2) is 0 Å². The summed E-state index contributed by atoms with van der Waals surface area (Å²) in [4.78, 5) is 40.7. The van der Waals surface area contributed by atoms with E-state index < -0.39 is 29.4 Å². The highest BCUT2D eigenvalue weighted by atomic mass is 16.4. The minimum absolute atomic E-state index is 0.0171. The molecule has 0 aromatic rings. The van der Waals surface area contributed by atoms with Crippen molar-refractivity contribution in [3.8, 4) is 0 Å². The van der Waals surface area contributed by atoms with Crippen molar-refractivity contribution in [3.05, 3.63) is 0 Å². The number of aliphatic carboxylic acids is 1. The van der Waals surface area contributed by atoms with Crippen molar-refractivity contribution in [3.63, 3.8) is 0 Å². The second-order valence-electron chi connectivity index (χ2n) is 14.4. The molecule has 3 fully saturated rings. The van der Waals surface area contributed by atoms with Gasteiger partial charge in [0, 0.05) is 18.6 Å². The maximum atomic E-state index is 13.4. The van der Waals surface area contributed by atoms with E-state index in [4.69, 9.17) is 0 Å². The van der Waals surface area contributed by atoms with Crippen molar-refractivity contribution in [2.75, 3.05) is 13.1 Å². The molecule has 0 spiro atoms. The fraction of sp³-hybridized carbons (Fsp3) is 0.903. The van der Waals surface area contributed by atoms with E-state index in [0.29, 0.717) is 30.7 Å². The van der Waals surface area contributed by atoms with Crippen LogP contribution in [0.25, 0.3) is 0 Å². The Morgan fingerprint density at radius 1 is 0.923 bits per heavy atom. The smallest absolute Gasteiger partial charge is 0.309 e. The zero-order valence-electron chi connectivity index (χ0n) is 25.3. The standard InChI is InChI=1S/C31H55N3O5/c1-20(31(5,6)29(38)39)27(36)32-24(16-21-12-8-7-9-13-21)26(35)19-34-18-23-15-11-10-14-22(23)17-25(34)28(37)33-30(2,3)4/h20-26,35H,7-19H2,1-6H3,(H,32,36)(H,33,37)(H,38,39)/t20-,22-,23+,24-,25-,26+/m0/s1. The van der Waals surface area contributed by atoms with Crippen LogP contribution in [0.3, 0.4) is 0 Å². The number of fused-ring (bicyclic) bond motifs is 1. The Kier molecular flexibility index (Phi) is 10.9. The number of carboxylic acid groups (broad SMARTS) is 1. The third-order valence-corrected chi connectivity index (χ3v) is 9.86. The lowest BCUT2D eigenvalue weighted by molar-refractivity contribution is -0.153. The highest BCUT2D eigenvalue weighted by Gasteiger charge is 2.43. The number of nitrogens with one attached hydrogen (secondary N) is 2. The summed E-state index contributed by atoms with van der Waals surface area (Å²) < 4.78 is 0.